The molecule has 0 bridgehead atoms. The summed E-state index contributed by atoms with van der Waals surface area (Å²) in [5, 5.41) is 3.50. The van der Waals surface area contributed by atoms with Gasteiger partial charge in [-0.25, -0.2) is 13.6 Å². The van der Waals surface area contributed by atoms with Gasteiger partial charge in [-0.05, 0) is 18.6 Å². The number of aryl methyl sites for hydroxylation is 2. The van der Waals surface area contributed by atoms with E-state index in [0.717, 1.165) is 10.9 Å². The Labute approximate surface area is 124 Å². The molecule has 0 aliphatic rings. The minimum absolute atomic E-state index is 0.267. The van der Waals surface area contributed by atoms with E-state index in [1.165, 1.54) is 13.1 Å². The third kappa shape index (κ3) is 3.27. The Morgan fingerprint density at radius 1 is 1.27 bits per heavy atom. The number of amides is 1. The van der Waals surface area contributed by atoms with E-state index in [2.05, 4.69) is 9.94 Å². The first-order chi connectivity index (χ1) is 10.4. The highest BCUT2D eigenvalue weighted by Crippen LogP contribution is 2.20. The van der Waals surface area contributed by atoms with Gasteiger partial charge in [0.05, 0.1) is 11.1 Å². The molecule has 1 aromatic carbocycles. The van der Waals surface area contributed by atoms with Crippen LogP contribution in [0.4, 0.5) is 8.78 Å². The Balaban J connectivity index is 2.08. The first-order valence-corrected chi connectivity index (χ1v) is 6.29. The lowest BCUT2D eigenvalue weighted by atomic mass is 10.1. The minimum Gasteiger partial charge on any atom is -0.335 e. The molecule has 0 radical (unpaired) electrons. The normalized spacial score (nSPS) is 10.6. The summed E-state index contributed by atoms with van der Waals surface area (Å²) in [6, 6.07) is 6.61. The van der Waals surface area contributed by atoms with Gasteiger partial charge in [0.2, 0.25) is 0 Å². The van der Waals surface area contributed by atoms with Gasteiger partial charge in [0.15, 0.2) is 0 Å². The average Bonchev–Trinajstić information content (AvgIpc) is 2.87. The molecule has 0 saturated carbocycles. The standard InChI is InChI=1S/C14H13F2N3O3/c1-8-5-3-4-6-9(8)14(21)22-18-13(20)10-7-19(2)17-11(10)12(15)16/h3-7,12H,1-2H3,(H,18,20). The molecule has 0 aliphatic heterocycles. The van der Waals surface area contributed by atoms with E-state index in [1.54, 1.807) is 25.1 Å². The van der Waals surface area contributed by atoms with Gasteiger partial charge >= 0.3 is 5.97 Å². The molecule has 0 atom stereocenters. The van der Waals surface area contributed by atoms with Gasteiger partial charge in [0.25, 0.3) is 12.3 Å². The molecule has 0 aliphatic carbocycles. The topological polar surface area (TPSA) is 73.2 Å². The molecule has 2 aromatic rings. The molecule has 0 saturated heterocycles. The van der Waals surface area contributed by atoms with E-state index in [1.807, 2.05) is 5.48 Å². The molecule has 0 unspecified atom stereocenters. The highest BCUT2D eigenvalue weighted by atomic mass is 19.3. The maximum absolute atomic E-state index is 12.8. The maximum atomic E-state index is 12.8. The second-order valence-electron chi connectivity index (χ2n) is 4.54. The smallest absolute Gasteiger partial charge is 0.335 e. The summed E-state index contributed by atoms with van der Waals surface area (Å²) in [5.41, 5.74) is 1.76. The Kier molecular flexibility index (Phi) is 4.50. The van der Waals surface area contributed by atoms with Crippen LogP contribution < -0.4 is 5.48 Å². The van der Waals surface area contributed by atoms with Gasteiger partial charge in [-0.1, -0.05) is 18.2 Å². The monoisotopic (exact) mass is 309 g/mol. The first kappa shape index (κ1) is 15.6. The summed E-state index contributed by atoms with van der Waals surface area (Å²) in [7, 11) is 1.40. The number of hydrogen-bond acceptors (Lipinski definition) is 4. The highest BCUT2D eigenvalue weighted by Gasteiger charge is 2.23. The second kappa shape index (κ2) is 6.33. The Morgan fingerprint density at radius 3 is 2.59 bits per heavy atom. The van der Waals surface area contributed by atoms with E-state index < -0.39 is 24.0 Å². The summed E-state index contributed by atoms with van der Waals surface area (Å²) < 4.78 is 26.6. The molecule has 1 N–H and O–H groups in total. The molecule has 2 rings (SSSR count). The number of carbonyl (C=O) groups is 2. The average molecular weight is 309 g/mol. The van der Waals surface area contributed by atoms with Crippen molar-refractivity contribution in [1.82, 2.24) is 15.3 Å². The SMILES string of the molecule is Cc1ccccc1C(=O)ONC(=O)c1cn(C)nc1C(F)F. The number of aromatic nitrogens is 2. The van der Waals surface area contributed by atoms with Gasteiger partial charge in [-0.3, -0.25) is 9.48 Å². The maximum Gasteiger partial charge on any atom is 0.363 e. The van der Waals surface area contributed by atoms with Crippen LogP contribution in [-0.4, -0.2) is 21.7 Å². The summed E-state index contributed by atoms with van der Waals surface area (Å²) >= 11 is 0. The Bertz CT molecular complexity index is 713. The lowest BCUT2D eigenvalue weighted by Gasteiger charge is -2.07. The fourth-order valence-corrected chi connectivity index (χ4v) is 1.85. The minimum atomic E-state index is -2.91. The zero-order valence-electron chi connectivity index (χ0n) is 11.8. The number of halogens is 2. The summed E-state index contributed by atoms with van der Waals surface area (Å²) in [6.45, 7) is 1.70. The summed E-state index contributed by atoms with van der Waals surface area (Å²) in [5.74, 6) is -1.75. The van der Waals surface area contributed by atoms with E-state index in [0.29, 0.717) is 5.56 Å². The van der Waals surface area contributed by atoms with Crippen LogP contribution in [0.25, 0.3) is 0 Å². The second-order valence-corrected chi connectivity index (χ2v) is 4.54. The van der Waals surface area contributed by atoms with Crippen LogP contribution in [0.3, 0.4) is 0 Å². The number of benzene rings is 1. The van der Waals surface area contributed by atoms with E-state index in [4.69, 9.17) is 0 Å². The molecule has 22 heavy (non-hydrogen) atoms. The van der Waals surface area contributed by atoms with Crippen molar-refractivity contribution in [3.63, 3.8) is 0 Å². The van der Waals surface area contributed by atoms with Crippen molar-refractivity contribution in [3.05, 3.63) is 52.8 Å². The van der Waals surface area contributed by atoms with Crippen molar-refractivity contribution in [2.24, 2.45) is 7.05 Å². The molecular weight excluding hydrogens is 296 g/mol. The van der Waals surface area contributed by atoms with Crippen molar-refractivity contribution in [3.8, 4) is 0 Å². The summed E-state index contributed by atoms with van der Waals surface area (Å²) in [4.78, 5) is 28.3. The highest BCUT2D eigenvalue weighted by molar-refractivity contribution is 5.97. The molecule has 0 fully saturated rings. The molecule has 1 heterocycles. The van der Waals surface area contributed by atoms with Crippen molar-refractivity contribution >= 4 is 11.9 Å². The molecule has 116 valence electrons. The van der Waals surface area contributed by atoms with Crippen molar-refractivity contribution in [2.75, 3.05) is 0 Å². The third-order valence-electron chi connectivity index (χ3n) is 2.91. The molecule has 1 aromatic heterocycles. The number of nitrogens with one attached hydrogen (secondary N) is 1. The first-order valence-electron chi connectivity index (χ1n) is 6.29. The Morgan fingerprint density at radius 2 is 1.95 bits per heavy atom. The zero-order chi connectivity index (χ0) is 16.3. The van der Waals surface area contributed by atoms with Gasteiger partial charge in [0.1, 0.15) is 5.69 Å². The van der Waals surface area contributed by atoms with Gasteiger partial charge in [-0.2, -0.15) is 10.6 Å². The van der Waals surface area contributed by atoms with Crippen LogP contribution in [0.15, 0.2) is 30.5 Å². The zero-order valence-corrected chi connectivity index (χ0v) is 11.8. The van der Waals surface area contributed by atoms with E-state index in [-0.39, 0.29) is 11.1 Å². The predicted octanol–water partition coefficient (Wildman–Crippen LogP) is 2.17. The number of rotatable bonds is 3. The lowest BCUT2D eigenvalue weighted by molar-refractivity contribution is 0.0227. The van der Waals surface area contributed by atoms with Gasteiger partial charge in [-0.15, -0.1) is 0 Å². The van der Waals surface area contributed by atoms with E-state index in [9.17, 15) is 18.4 Å². The number of hydrogen-bond donors (Lipinski definition) is 1. The number of nitrogens with zero attached hydrogens (tertiary/aromatic N) is 2. The summed E-state index contributed by atoms with van der Waals surface area (Å²) in [6.07, 6.45) is -1.78. The van der Waals surface area contributed by atoms with Gasteiger partial charge < -0.3 is 4.84 Å². The van der Waals surface area contributed by atoms with Crippen LogP contribution in [-0.2, 0) is 11.9 Å². The van der Waals surface area contributed by atoms with Crippen molar-refractivity contribution < 1.29 is 23.2 Å². The molecule has 0 spiro atoms. The van der Waals surface area contributed by atoms with Crippen LogP contribution in [0, 0.1) is 6.92 Å². The fourth-order valence-electron chi connectivity index (χ4n) is 1.85. The van der Waals surface area contributed by atoms with Crippen LogP contribution in [0.2, 0.25) is 0 Å². The predicted molar refractivity (Wildman–Crippen MR) is 72.2 cm³/mol. The Hall–Kier alpha value is -2.77. The molecule has 8 heteroatoms. The van der Waals surface area contributed by atoms with Crippen molar-refractivity contribution in [2.45, 2.75) is 13.3 Å². The fraction of sp³-hybridized carbons (Fsp3) is 0.214. The molecular formula is C14H13F2N3O3. The molecule has 1 amide bonds. The molecule has 6 nitrogen and oxygen atoms in total. The quantitative estimate of drug-likeness (QED) is 0.882. The van der Waals surface area contributed by atoms with E-state index >= 15 is 0 Å². The van der Waals surface area contributed by atoms with Crippen LogP contribution in [0.5, 0.6) is 0 Å². The van der Waals surface area contributed by atoms with Crippen LogP contribution in [0.1, 0.15) is 38.4 Å². The largest absolute Gasteiger partial charge is 0.363 e. The van der Waals surface area contributed by atoms with Crippen molar-refractivity contribution in [1.29, 1.82) is 0 Å². The number of hydroxylamine groups is 1. The van der Waals surface area contributed by atoms with Gasteiger partial charge in [0, 0.05) is 13.2 Å². The third-order valence-corrected chi connectivity index (χ3v) is 2.91. The number of carbonyl (C=O) groups excluding carboxylic acids is 2. The number of alkyl halides is 2. The van der Waals surface area contributed by atoms with Crippen LogP contribution >= 0.6 is 0 Å². The lowest BCUT2D eigenvalue weighted by Crippen LogP contribution is -2.28.